The van der Waals surface area contributed by atoms with Gasteiger partial charge in [0.1, 0.15) is 4.90 Å². The third-order valence-electron chi connectivity index (χ3n) is 4.75. The maximum atomic E-state index is 12.6. The van der Waals surface area contributed by atoms with Gasteiger partial charge in [-0.1, -0.05) is 43.0 Å². The summed E-state index contributed by atoms with van der Waals surface area (Å²) in [6, 6.07) is 6.23. The van der Waals surface area contributed by atoms with Crippen LogP contribution in [0.2, 0.25) is 5.02 Å². The molecular formula is C15H20ClNO4S2. The van der Waals surface area contributed by atoms with E-state index >= 15 is 0 Å². The fourth-order valence-electron chi connectivity index (χ4n) is 3.26. The normalized spacial score (nSPS) is 22.0. The second-order valence-electron chi connectivity index (χ2n) is 6.22. The number of hydrogen-bond acceptors (Lipinski definition) is 4. The highest BCUT2D eigenvalue weighted by atomic mass is 35.5. The van der Waals surface area contributed by atoms with Gasteiger partial charge in [0.25, 0.3) is 0 Å². The number of sulfonamides is 1. The minimum absolute atomic E-state index is 0.0341. The Morgan fingerprint density at radius 2 is 1.52 bits per heavy atom. The van der Waals surface area contributed by atoms with E-state index in [1.165, 1.54) is 16.4 Å². The molecule has 8 heteroatoms. The maximum absolute atomic E-state index is 12.6. The lowest BCUT2D eigenvalue weighted by Crippen LogP contribution is -2.58. The summed E-state index contributed by atoms with van der Waals surface area (Å²) in [5.74, 6) is 0. The van der Waals surface area contributed by atoms with Crippen molar-refractivity contribution in [2.24, 2.45) is 0 Å². The van der Waals surface area contributed by atoms with Crippen molar-refractivity contribution in [1.82, 2.24) is 4.31 Å². The van der Waals surface area contributed by atoms with Crippen molar-refractivity contribution in [1.29, 1.82) is 0 Å². The number of rotatable bonds is 4. The van der Waals surface area contributed by atoms with Crippen LogP contribution in [0.25, 0.3) is 0 Å². The van der Waals surface area contributed by atoms with Gasteiger partial charge < -0.3 is 0 Å². The molecule has 0 amide bonds. The van der Waals surface area contributed by atoms with Gasteiger partial charge in [-0.2, -0.15) is 4.31 Å². The Morgan fingerprint density at radius 3 is 2.13 bits per heavy atom. The third-order valence-corrected chi connectivity index (χ3v) is 9.71. The topological polar surface area (TPSA) is 71.5 Å². The second kappa shape index (κ2) is 6.35. The van der Waals surface area contributed by atoms with Crippen LogP contribution >= 0.6 is 11.6 Å². The minimum Gasteiger partial charge on any atom is -0.228 e. The molecule has 128 valence electrons. The summed E-state index contributed by atoms with van der Waals surface area (Å²) in [6.45, 7) is 0.0682. The summed E-state index contributed by atoms with van der Waals surface area (Å²) in [7, 11) is -6.97. The Labute approximate surface area is 142 Å². The van der Waals surface area contributed by atoms with E-state index in [-0.39, 0.29) is 28.3 Å². The predicted octanol–water partition coefficient (Wildman–Crippen LogP) is 2.46. The Kier molecular flexibility index (Phi) is 4.75. The van der Waals surface area contributed by atoms with Gasteiger partial charge in [-0.15, -0.1) is 0 Å². The van der Waals surface area contributed by atoms with E-state index in [0.29, 0.717) is 12.8 Å². The molecule has 0 aromatic heterocycles. The monoisotopic (exact) mass is 377 g/mol. The van der Waals surface area contributed by atoms with Gasteiger partial charge in [0.05, 0.1) is 15.5 Å². The Morgan fingerprint density at radius 1 is 0.913 bits per heavy atom. The van der Waals surface area contributed by atoms with Crippen LogP contribution in [0.4, 0.5) is 0 Å². The summed E-state index contributed by atoms with van der Waals surface area (Å²) in [4.78, 5) is 0.0372. The van der Waals surface area contributed by atoms with E-state index in [2.05, 4.69) is 0 Å². The SMILES string of the molecule is O=S(=O)(C1CCCCC1)C1CN(S(=O)(=O)c2ccccc2Cl)C1. The molecule has 1 aliphatic carbocycles. The van der Waals surface area contributed by atoms with E-state index in [1.807, 2.05) is 0 Å². The highest BCUT2D eigenvalue weighted by Gasteiger charge is 2.46. The molecule has 0 unspecified atom stereocenters. The quantitative estimate of drug-likeness (QED) is 0.808. The highest BCUT2D eigenvalue weighted by Crippen LogP contribution is 2.33. The molecule has 2 fully saturated rings. The zero-order chi connectivity index (χ0) is 16.7. The van der Waals surface area contributed by atoms with Crippen LogP contribution < -0.4 is 0 Å². The zero-order valence-corrected chi connectivity index (χ0v) is 15.1. The lowest BCUT2D eigenvalue weighted by molar-refractivity contribution is 0.306. The molecule has 1 aliphatic heterocycles. The molecule has 1 aromatic carbocycles. The lowest BCUT2D eigenvalue weighted by Gasteiger charge is -2.39. The molecule has 1 saturated carbocycles. The molecule has 0 spiro atoms. The summed E-state index contributed by atoms with van der Waals surface area (Å²) in [5, 5.41) is -0.722. The number of halogens is 1. The molecule has 0 atom stereocenters. The molecule has 5 nitrogen and oxygen atoms in total. The zero-order valence-electron chi connectivity index (χ0n) is 12.7. The van der Waals surface area contributed by atoms with Crippen molar-refractivity contribution in [3.05, 3.63) is 29.3 Å². The molecule has 1 heterocycles. The number of sulfone groups is 1. The first kappa shape index (κ1) is 17.2. The molecule has 1 saturated heterocycles. The largest absolute Gasteiger partial charge is 0.244 e. The van der Waals surface area contributed by atoms with Crippen LogP contribution in [0, 0.1) is 0 Å². The fraction of sp³-hybridized carbons (Fsp3) is 0.600. The van der Waals surface area contributed by atoms with Crippen molar-refractivity contribution >= 4 is 31.5 Å². The van der Waals surface area contributed by atoms with Crippen LogP contribution in [0.3, 0.4) is 0 Å². The maximum Gasteiger partial charge on any atom is 0.244 e. The summed E-state index contributed by atoms with van der Waals surface area (Å²) in [5.41, 5.74) is 0. The first-order valence-corrected chi connectivity index (χ1v) is 11.2. The van der Waals surface area contributed by atoms with Crippen molar-refractivity contribution in [3.8, 4) is 0 Å². The molecule has 0 radical (unpaired) electrons. The van der Waals surface area contributed by atoms with E-state index in [0.717, 1.165) is 19.3 Å². The molecule has 23 heavy (non-hydrogen) atoms. The Balaban J connectivity index is 1.72. The van der Waals surface area contributed by atoms with E-state index < -0.39 is 25.1 Å². The molecule has 3 rings (SSSR count). The Bertz CT molecular complexity index is 779. The standard InChI is InChI=1S/C15H20ClNO4S2/c16-14-8-4-5-9-15(14)23(20,21)17-10-13(11-17)22(18,19)12-6-2-1-3-7-12/h4-5,8-9,12-13H,1-3,6-7,10-11H2. The smallest absolute Gasteiger partial charge is 0.228 e. The summed E-state index contributed by atoms with van der Waals surface area (Å²) < 4.78 is 51.5. The highest BCUT2D eigenvalue weighted by molar-refractivity contribution is 7.93. The summed E-state index contributed by atoms with van der Waals surface area (Å²) in [6.07, 6.45) is 4.38. The van der Waals surface area contributed by atoms with Gasteiger partial charge in [-0.25, -0.2) is 16.8 Å². The number of hydrogen-bond donors (Lipinski definition) is 0. The van der Waals surface area contributed by atoms with Gasteiger partial charge in [0.2, 0.25) is 10.0 Å². The van der Waals surface area contributed by atoms with Crippen molar-refractivity contribution in [2.75, 3.05) is 13.1 Å². The summed E-state index contributed by atoms with van der Waals surface area (Å²) >= 11 is 5.96. The molecule has 1 aromatic rings. The predicted molar refractivity (Wildman–Crippen MR) is 89.8 cm³/mol. The lowest BCUT2D eigenvalue weighted by atomic mass is 10.0. The molecule has 0 N–H and O–H groups in total. The van der Waals surface area contributed by atoms with Crippen molar-refractivity contribution in [2.45, 2.75) is 47.5 Å². The minimum atomic E-state index is -3.72. The average molecular weight is 378 g/mol. The van der Waals surface area contributed by atoms with E-state index in [1.54, 1.807) is 12.1 Å². The molecule has 2 aliphatic rings. The number of benzene rings is 1. The van der Waals surface area contributed by atoms with Gasteiger partial charge in [-0.3, -0.25) is 0 Å². The van der Waals surface area contributed by atoms with Crippen molar-refractivity contribution < 1.29 is 16.8 Å². The van der Waals surface area contributed by atoms with Gasteiger partial charge in [-0.05, 0) is 25.0 Å². The fourth-order valence-corrected chi connectivity index (χ4v) is 7.79. The van der Waals surface area contributed by atoms with Crippen LogP contribution in [-0.4, -0.2) is 44.7 Å². The average Bonchev–Trinajstić information content (AvgIpc) is 2.46. The van der Waals surface area contributed by atoms with Gasteiger partial charge in [0, 0.05) is 13.1 Å². The van der Waals surface area contributed by atoms with Gasteiger partial charge >= 0.3 is 0 Å². The van der Waals surface area contributed by atoms with Gasteiger partial charge in [0.15, 0.2) is 9.84 Å². The van der Waals surface area contributed by atoms with E-state index in [9.17, 15) is 16.8 Å². The van der Waals surface area contributed by atoms with Crippen molar-refractivity contribution in [3.63, 3.8) is 0 Å². The van der Waals surface area contributed by atoms with E-state index in [4.69, 9.17) is 11.6 Å². The Hall–Kier alpha value is -0.630. The number of nitrogens with zero attached hydrogens (tertiary/aromatic N) is 1. The van der Waals surface area contributed by atoms with Crippen LogP contribution in [0.5, 0.6) is 0 Å². The van der Waals surface area contributed by atoms with Crippen LogP contribution in [0.1, 0.15) is 32.1 Å². The second-order valence-corrected chi connectivity index (χ2v) is 11.0. The first-order chi connectivity index (χ1) is 10.8. The third kappa shape index (κ3) is 3.16. The molecule has 0 bridgehead atoms. The first-order valence-electron chi connectivity index (χ1n) is 7.81. The van der Waals surface area contributed by atoms with Crippen LogP contribution in [-0.2, 0) is 19.9 Å². The molecular weight excluding hydrogens is 358 g/mol. The van der Waals surface area contributed by atoms with Crippen LogP contribution in [0.15, 0.2) is 29.2 Å².